The van der Waals surface area contributed by atoms with Gasteiger partial charge in [-0.3, -0.25) is 9.98 Å². The first-order valence-corrected chi connectivity index (χ1v) is 4.13. The van der Waals surface area contributed by atoms with Crippen LogP contribution >= 0.6 is 0 Å². The van der Waals surface area contributed by atoms with E-state index in [1.807, 2.05) is 0 Å². The van der Waals surface area contributed by atoms with Crippen molar-refractivity contribution in [3.63, 3.8) is 0 Å². The van der Waals surface area contributed by atoms with Gasteiger partial charge < -0.3 is 5.73 Å². The van der Waals surface area contributed by atoms with Crippen molar-refractivity contribution in [1.82, 2.24) is 0 Å². The van der Waals surface area contributed by atoms with Gasteiger partial charge in [-0.25, -0.2) is 0 Å². The van der Waals surface area contributed by atoms with E-state index in [0.717, 1.165) is 25.0 Å². The third-order valence-corrected chi connectivity index (χ3v) is 2.35. The number of nitrogens with two attached hydrogens (primary N) is 1. The monoisotopic (exact) mass is 151 g/mol. The van der Waals surface area contributed by atoms with E-state index >= 15 is 0 Å². The maximum Gasteiger partial charge on any atom is 0.160 e. The number of hydrogen-bond acceptors (Lipinski definition) is 3. The fourth-order valence-corrected chi connectivity index (χ4v) is 1.71. The van der Waals surface area contributed by atoms with Crippen LogP contribution in [-0.2, 0) is 0 Å². The molecule has 2 rings (SSSR count). The van der Waals surface area contributed by atoms with Crippen LogP contribution in [0.1, 0.15) is 26.2 Å². The van der Waals surface area contributed by atoms with Gasteiger partial charge in [0.05, 0.1) is 0 Å². The molecular weight excluding hydrogens is 138 g/mol. The van der Waals surface area contributed by atoms with E-state index in [2.05, 4.69) is 16.9 Å². The smallest absolute Gasteiger partial charge is 0.160 e. The molecule has 2 heterocycles. The number of hydrogen-bond donors (Lipinski definition) is 1. The molecule has 11 heavy (non-hydrogen) atoms. The lowest BCUT2D eigenvalue weighted by molar-refractivity contribution is 0.395. The number of rotatable bonds is 2. The zero-order chi connectivity index (χ0) is 7.90. The van der Waals surface area contributed by atoms with Crippen LogP contribution in [0.4, 0.5) is 0 Å². The highest BCUT2D eigenvalue weighted by molar-refractivity contribution is 5.99. The van der Waals surface area contributed by atoms with Crippen LogP contribution in [0.15, 0.2) is 9.98 Å². The van der Waals surface area contributed by atoms with E-state index in [9.17, 15) is 0 Å². The molecule has 60 valence electrons. The summed E-state index contributed by atoms with van der Waals surface area (Å²) < 4.78 is 0. The predicted molar refractivity (Wildman–Crippen MR) is 46.2 cm³/mol. The van der Waals surface area contributed by atoms with Crippen LogP contribution in [-0.4, -0.2) is 23.6 Å². The van der Waals surface area contributed by atoms with Crippen LogP contribution in [0.2, 0.25) is 0 Å². The Morgan fingerprint density at radius 1 is 1.36 bits per heavy atom. The largest absolute Gasteiger partial charge is 0.325 e. The molecule has 0 aliphatic carbocycles. The van der Waals surface area contributed by atoms with E-state index in [1.54, 1.807) is 0 Å². The second kappa shape index (κ2) is 2.14. The quantitative estimate of drug-likeness (QED) is 0.621. The summed E-state index contributed by atoms with van der Waals surface area (Å²) in [6, 6.07) is 0. The lowest BCUT2D eigenvalue weighted by atomic mass is 9.84. The zero-order valence-electron chi connectivity index (χ0n) is 6.80. The Kier molecular flexibility index (Phi) is 1.36. The van der Waals surface area contributed by atoms with Gasteiger partial charge in [-0.15, -0.1) is 0 Å². The Balaban J connectivity index is 2.02. The molecule has 1 spiro atoms. The third-order valence-electron chi connectivity index (χ3n) is 2.35. The Labute approximate surface area is 66.4 Å². The maximum absolute atomic E-state index is 5.42. The normalized spacial score (nSPS) is 34.0. The molecule has 3 heteroatoms. The second-order valence-electron chi connectivity index (χ2n) is 3.25. The highest BCUT2D eigenvalue weighted by Gasteiger charge is 2.44. The Morgan fingerprint density at radius 3 is 2.36 bits per heavy atom. The van der Waals surface area contributed by atoms with Gasteiger partial charge in [0.25, 0.3) is 0 Å². The summed E-state index contributed by atoms with van der Waals surface area (Å²) in [6.45, 7) is 2.75. The third kappa shape index (κ3) is 0.913. The molecule has 2 aliphatic heterocycles. The lowest BCUT2D eigenvalue weighted by Crippen LogP contribution is -2.48. The molecule has 0 bridgehead atoms. The fourth-order valence-electron chi connectivity index (χ4n) is 1.71. The maximum atomic E-state index is 5.42. The average Bonchev–Trinajstić information content (AvgIpc) is 1.83. The highest BCUT2D eigenvalue weighted by Crippen LogP contribution is 2.39. The van der Waals surface area contributed by atoms with E-state index < -0.39 is 0 Å². The van der Waals surface area contributed by atoms with Crippen molar-refractivity contribution in [3.05, 3.63) is 0 Å². The molecule has 0 aromatic heterocycles. The minimum absolute atomic E-state index is 0.0138. The Morgan fingerprint density at radius 2 is 1.91 bits per heavy atom. The summed E-state index contributed by atoms with van der Waals surface area (Å²) in [6.07, 6.45) is 3.16. The molecule has 2 N–H and O–H groups in total. The van der Waals surface area contributed by atoms with Gasteiger partial charge in [-0.2, -0.15) is 0 Å². The molecule has 0 amide bonds. The summed E-state index contributed by atoms with van der Waals surface area (Å²) in [5.74, 6) is 0. The standard InChI is InChI=1S/C8H13N3/c1-2-6-3-8(10-6)4-7(5-9)11-8/h2-5,9H2,1H3. The summed E-state index contributed by atoms with van der Waals surface area (Å²) in [5, 5.41) is 0. The van der Waals surface area contributed by atoms with E-state index in [0.29, 0.717) is 6.54 Å². The van der Waals surface area contributed by atoms with Crippen molar-refractivity contribution in [1.29, 1.82) is 0 Å². The minimum Gasteiger partial charge on any atom is -0.325 e. The zero-order valence-corrected chi connectivity index (χ0v) is 6.80. The molecule has 3 nitrogen and oxygen atoms in total. The van der Waals surface area contributed by atoms with Crippen molar-refractivity contribution in [2.24, 2.45) is 15.7 Å². The van der Waals surface area contributed by atoms with Crippen LogP contribution in [0.5, 0.6) is 0 Å². The van der Waals surface area contributed by atoms with Crippen LogP contribution < -0.4 is 5.73 Å². The van der Waals surface area contributed by atoms with Crippen molar-refractivity contribution < 1.29 is 0 Å². The first-order chi connectivity index (χ1) is 5.28. The first kappa shape index (κ1) is 6.98. The minimum atomic E-state index is -0.0138. The van der Waals surface area contributed by atoms with Gasteiger partial charge in [0, 0.05) is 30.8 Å². The SMILES string of the molecule is CCC1=NC2(C1)CC(CN)=N2. The van der Waals surface area contributed by atoms with Gasteiger partial charge in [0.15, 0.2) is 5.66 Å². The molecule has 0 fully saturated rings. The van der Waals surface area contributed by atoms with Crippen molar-refractivity contribution >= 4 is 11.4 Å². The molecule has 0 aromatic carbocycles. The second-order valence-corrected chi connectivity index (χ2v) is 3.25. The number of aliphatic imine (C=N–C) groups is 2. The first-order valence-electron chi connectivity index (χ1n) is 4.13. The van der Waals surface area contributed by atoms with E-state index in [-0.39, 0.29) is 5.66 Å². The predicted octanol–water partition coefficient (Wildman–Crippen LogP) is 0.741. The van der Waals surface area contributed by atoms with Gasteiger partial charge in [0.2, 0.25) is 0 Å². The van der Waals surface area contributed by atoms with Gasteiger partial charge in [-0.1, -0.05) is 6.92 Å². The summed E-state index contributed by atoms with van der Waals surface area (Å²) in [7, 11) is 0. The average molecular weight is 151 g/mol. The van der Waals surface area contributed by atoms with Crippen molar-refractivity contribution in [2.75, 3.05) is 6.54 Å². The van der Waals surface area contributed by atoms with Crippen LogP contribution in [0, 0.1) is 0 Å². The molecule has 1 atom stereocenters. The Bertz CT molecular complexity index is 214. The molecule has 0 radical (unpaired) electrons. The Hall–Kier alpha value is -0.700. The van der Waals surface area contributed by atoms with Crippen LogP contribution in [0.3, 0.4) is 0 Å². The molecule has 0 saturated carbocycles. The molecular formula is C8H13N3. The van der Waals surface area contributed by atoms with E-state index in [4.69, 9.17) is 5.73 Å². The van der Waals surface area contributed by atoms with Crippen molar-refractivity contribution in [2.45, 2.75) is 31.8 Å². The lowest BCUT2D eigenvalue weighted by Gasteiger charge is -2.42. The number of nitrogens with zero attached hydrogens (tertiary/aromatic N) is 2. The molecule has 0 aromatic rings. The molecule has 0 saturated heterocycles. The van der Waals surface area contributed by atoms with Crippen molar-refractivity contribution in [3.8, 4) is 0 Å². The summed E-state index contributed by atoms with van der Waals surface area (Å²) in [4.78, 5) is 8.83. The summed E-state index contributed by atoms with van der Waals surface area (Å²) >= 11 is 0. The highest BCUT2D eigenvalue weighted by atomic mass is 15.2. The van der Waals surface area contributed by atoms with Gasteiger partial charge in [0.1, 0.15) is 0 Å². The van der Waals surface area contributed by atoms with Gasteiger partial charge in [-0.05, 0) is 6.42 Å². The molecule has 1 unspecified atom stereocenters. The van der Waals surface area contributed by atoms with Crippen LogP contribution in [0.25, 0.3) is 0 Å². The van der Waals surface area contributed by atoms with Gasteiger partial charge >= 0.3 is 0 Å². The topological polar surface area (TPSA) is 50.7 Å². The van der Waals surface area contributed by atoms with E-state index in [1.165, 1.54) is 5.71 Å². The summed E-state index contributed by atoms with van der Waals surface area (Å²) in [5.41, 5.74) is 7.85. The fraction of sp³-hybridized carbons (Fsp3) is 0.750. The molecule has 2 aliphatic rings.